The minimum absolute atomic E-state index is 0.0610. The molecule has 0 fully saturated rings. The number of carbonyl (C=O) groups is 1. The first kappa shape index (κ1) is 13.7. The fourth-order valence-corrected chi connectivity index (χ4v) is 2.87. The summed E-state index contributed by atoms with van der Waals surface area (Å²) < 4.78 is 1.07. The van der Waals surface area contributed by atoms with E-state index in [0.29, 0.717) is 11.1 Å². The number of rotatable bonds is 1. The van der Waals surface area contributed by atoms with Crippen molar-refractivity contribution in [3.8, 4) is 5.88 Å². The number of thiocarbonyl (C=S) groups is 1. The van der Waals surface area contributed by atoms with Gasteiger partial charge in [0.1, 0.15) is 5.92 Å². The van der Waals surface area contributed by atoms with E-state index < -0.39 is 5.92 Å². The molecule has 6 nitrogen and oxygen atoms in total. The maximum absolute atomic E-state index is 12.6. The summed E-state index contributed by atoms with van der Waals surface area (Å²) in [6, 6.07) is 7.29. The second-order valence-corrected chi connectivity index (χ2v) is 5.52. The van der Waals surface area contributed by atoms with Crippen LogP contribution in [0.5, 0.6) is 5.88 Å². The fraction of sp³-hybridized carbons (Fsp3) is 0.0625. The first-order chi connectivity index (χ1) is 11.1. The predicted octanol–water partition coefficient (Wildman–Crippen LogP) is 2.98. The highest BCUT2D eigenvalue weighted by atomic mass is 32.1. The number of azo groups is 2. The van der Waals surface area contributed by atoms with Gasteiger partial charge in [-0.3, -0.25) is 0 Å². The van der Waals surface area contributed by atoms with E-state index in [0.717, 1.165) is 10.2 Å². The molecule has 1 aliphatic carbocycles. The number of hydrogen-bond donors (Lipinski definition) is 2. The lowest BCUT2D eigenvalue weighted by Gasteiger charge is -2.13. The average Bonchev–Trinajstić information content (AvgIpc) is 2.87. The van der Waals surface area contributed by atoms with Crippen molar-refractivity contribution in [2.45, 2.75) is 0 Å². The lowest BCUT2D eigenvalue weighted by Crippen LogP contribution is -2.39. The van der Waals surface area contributed by atoms with Crippen LogP contribution >= 0.6 is 12.2 Å². The third-order valence-electron chi connectivity index (χ3n) is 3.74. The summed E-state index contributed by atoms with van der Waals surface area (Å²) in [6.07, 6.45) is 7.11. The number of fused-ring (bicyclic) bond motifs is 2. The molecule has 112 valence electrons. The minimum Gasteiger partial charge on any atom is -0.493 e. The Labute approximate surface area is 136 Å². The molecule has 1 aromatic carbocycles. The number of aromatic nitrogens is 1. The summed E-state index contributed by atoms with van der Waals surface area (Å²) in [5.74, 6) is -0.899. The molecule has 4 rings (SSSR count). The molecule has 0 saturated heterocycles. The highest BCUT2D eigenvalue weighted by Crippen LogP contribution is 2.35. The summed E-state index contributed by atoms with van der Waals surface area (Å²) >= 11 is 5.19. The third-order valence-corrected chi connectivity index (χ3v) is 4.00. The molecule has 0 radical (unpaired) electrons. The van der Waals surface area contributed by atoms with Gasteiger partial charge in [-0.05, 0) is 21.8 Å². The number of nitrogens with zero attached hydrogens (tertiary/aromatic N) is 3. The maximum atomic E-state index is 12.6. The Morgan fingerprint density at radius 2 is 2.13 bits per heavy atom. The highest BCUT2D eigenvalue weighted by molar-refractivity contribution is 7.80. The monoisotopic (exact) mass is 323 g/mol. The van der Waals surface area contributed by atoms with Crippen LogP contribution in [0.25, 0.3) is 10.9 Å². The second kappa shape index (κ2) is 5.06. The van der Waals surface area contributed by atoms with Crippen LogP contribution in [0.1, 0.15) is 0 Å². The molecule has 1 aromatic heterocycles. The van der Waals surface area contributed by atoms with Crippen molar-refractivity contribution in [1.29, 1.82) is 0 Å². The predicted molar refractivity (Wildman–Crippen MR) is 89.1 cm³/mol. The van der Waals surface area contributed by atoms with E-state index in [9.17, 15) is 9.90 Å². The van der Waals surface area contributed by atoms with Crippen LogP contribution in [0, 0.1) is 5.92 Å². The Bertz CT molecular complexity index is 981. The number of aromatic amines is 1. The van der Waals surface area contributed by atoms with Gasteiger partial charge in [-0.15, -0.1) is 0 Å². The maximum Gasteiger partial charge on any atom is 0.421 e. The van der Waals surface area contributed by atoms with Crippen LogP contribution in [0.2, 0.25) is 0 Å². The van der Waals surface area contributed by atoms with E-state index in [4.69, 9.17) is 12.2 Å². The third kappa shape index (κ3) is 2.13. The summed E-state index contributed by atoms with van der Waals surface area (Å²) in [5.41, 5.74) is 1.60. The van der Waals surface area contributed by atoms with Crippen LogP contribution in [0.15, 0.2) is 58.7 Å². The number of aromatic hydroxyl groups is 1. The molecule has 2 aromatic rings. The van der Waals surface area contributed by atoms with Crippen LogP contribution < -0.4 is 0 Å². The average molecular weight is 323 g/mol. The van der Waals surface area contributed by atoms with Crippen LogP contribution in [0.3, 0.4) is 0 Å². The zero-order chi connectivity index (χ0) is 16.0. The molecule has 1 unspecified atom stereocenters. The van der Waals surface area contributed by atoms with Gasteiger partial charge < -0.3 is 10.1 Å². The van der Waals surface area contributed by atoms with Crippen LogP contribution in [0.4, 0.5) is 5.69 Å². The van der Waals surface area contributed by atoms with Crippen molar-refractivity contribution in [2.24, 2.45) is 16.0 Å². The van der Waals surface area contributed by atoms with Gasteiger partial charge in [0.05, 0.1) is 5.52 Å². The number of aliphatic imine (C=N–C) groups is 1. The summed E-state index contributed by atoms with van der Waals surface area (Å²) in [6.45, 7) is 0. The van der Waals surface area contributed by atoms with Crippen molar-refractivity contribution < 1.29 is 14.6 Å². The van der Waals surface area contributed by atoms with Gasteiger partial charge in [-0.2, -0.15) is 0 Å². The van der Waals surface area contributed by atoms with E-state index in [-0.39, 0.29) is 22.6 Å². The Morgan fingerprint density at radius 3 is 3.00 bits per heavy atom. The van der Waals surface area contributed by atoms with E-state index in [1.807, 2.05) is 24.3 Å². The molecular weight excluding hydrogens is 312 g/mol. The number of para-hydroxylation sites is 1. The molecule has 1 amide bonds. The number of H-pyrrole nitrogens is 1. The molecule has 0 spiro atoms. The molecule has 0 saturated carbocycles. The number of nitrogens with one attached hydrogen (secondary N) is 1. The number of amides is 1. The quantitative estimate of drug-likeness (QED) is 0.625. The van der Waals surface area contributed by atoms with Crippen molar-refractivity contribution in [1.82, 2.24) is 4.98 Å². The molecular formula is C16H11N4O2S+. The van der Waals surface area contributed by atoms with Gasteiger partial charge >= 0.3 is 11.0 Å². The fourth-order valence-electron chi connectivity index (χ4n) is 2.64. The number of allylic oxidation sites excluding steroid dienone is 3. The summed E-state index contributed by atoms with van der Waals surface area (Å²) in [7, 11) is 0. The second-order valence-electron chi connectivity index (χ2n) is 5.16. The van der Waals surface area contributed by atoms with Gasteiger partial charge in [0.25, 0.3) is 0 Å². The molecule has 7 heteroatoms. The summed E-state index contributed by atoms with van der Waals surface area (Å²) in [4.78, 5) is 19.7. The van der Waals surface area contributed by atoms with Crippen molar-refractivity contribution in [2.75, 3.05) is 0 Å². The van der Waals surface area contributed by atoms with Crippen LogP contribution in [-0.2, 0) is 4.79 Å². The number of carbonyl (C=O) groups excluding carboxylic acids is 1. The highest BCUT2D eigenvalue weighted by Gasteiger charge is 2.41. The zero-order valence-corrected chi connectivity index (χ0v) is 12.6. The Balaban J connectivity index is 1.88. The van der Waals surface area contributed by atoms with Crippen molar-refractivity contribution >= 4 is 45.5 Å². The van der Waals surface area contributed by atoms with E-state index in [2.05, 4.69) is 15.1 Å². The SMILES string of the molecule is O=C1C2C=CC=CC2=NC(=S)[N+]1=Nc1c(O)[nH]c2ccccc12. The van der Waals surface area contributed by atoms with Gasteiger partial charge in [-0.25, -0.2) is 4.79 Å². The molecule has 2 heterocycles. The topological polar surface area (TPSA) is 80.8 Å². The van der Waals surface area contributed by atoms with Crippen LogP contribution in [-0.4, -0.2) is 31.5 Å². The van der Waals surface area contributed by atoms with E-state index in [1.165, 1.54) is 0 Å². The molecule has 23 heavy (non-hydrogen) atoms. The Morgan fingerprint density at radius 1 is 1.30 bits per heavy atom. The normalized spacial score (nSPS) is 21.8. The molecule has 2 aliphatic rings. The number of hydrogen-bond acceptors (Lipinski definition) is 4. The first-order valence-corrected chi connectivity index (χ1v) is 7.38. The van der Waals surface area contributed by atoms with Gasteiger partial charge in [0.15, 0.2) is 11.4 Å². The standard InChI is InChI=1S/C16H10N4O2S/c21-14-13(9-5-1-3-7-11(9)17-14)19-20-15(22)10-6-2-4-8-12(10)18-16(20)23/h1-8,10H,(H,17,19,21)/p+1. The molecule has 2 N–H and O–H groups in total. The molecule has 0 bridgehead atoms. The smallest absolute Gasteiger partial charge is 0.421 e. The lowest BCUT2D eigenvalue weighted by atomic mass is 9.96. The van der Waals surface area contributed by atoms with E-state index in [1.54, 1.807) is 24.3 Å². The van der Waals surface area contributed by atoms with Crippen molar-refractivity contribution in [3.63, 3.8) is 0 Å². The van der Waals surface area contributed by atoms with E-state index >= 15 is 0 Å². The first-order valence-electron chi connectivity index (χ1n) is 6.98. The summed E-state index contributed by atoms with van der Waals surface area (Å²) in [5, 5.41) is 15.1. The van der Waals surface area contributed by atoms with Crippen molar-refractivity contribution in [3.05, 3.63) is 48.6 Å². The lowest BCUT2D eigenvalue weighted by molar-refractivity contribution is -0.402. The van der Waals surface area contributed by atoms with Gasteiger partial charge in [0, 0.05) is 17.6 Å². The van der Waals surface area contributed by atoms with Gasteiger partial charge in [0.2, 0.25) is 5.88 Å². The Kier molecular flexibility index (Phi) is 3.02. The molecule has 1 aliphatic heterocycles. The molecule has 1 atom stereocenters. The number of benzene rings is 1. The minimum atomic E-state index is -0.497. The van der Waals surface area contributed by atoms with Gasteiger partial charge in [-0.1, -0.05) is 41.5 Å². The zero-order valence-electron chi connectivity index (χ0n) is 11.8. The largest absolute Gasteiger partial charge is 0.493 e. The Hall–Kier alpha value is -2.93.